The summed E-state index contributed by atoms with van der Waals surface area (Å²) in [4.78, 5) is 4.09. The van der Waals surface area contributed by atoms with Crippen LogP contribution in [0.5, 0.6) is 0 Å². The second-order valence-electron chi connectivity index (χ2n) is 5.64. The highest BCUT2D eigenvalue weighted by Gasteiger charge is 2.08. The maximum atomic E-state index is 6.09. The summed E-state index contributed by atoms with van der Waals surface area (Å²) in [5.41, 5.74) is 0. The van der Waals surface area contributed by atoms with E-state index in [0.717, 1.165) is 19.6 Å². The molecule has 3 heteroatoms. The van der Waals surface area contributed by atoms with Gasteiger partial charge in [-0.15, -0.1) is 0 Å². The molecule has 3 nitrogen and oxygen atoms in total. The maximum absolute atomic E-state index is 6.09. The fraction of sp³-hybridized carbons (Fsp3) is 0.824. The van der Waals surface area contributed by atoms with Crippen LogP contribution in [0.3, 0.4) is 0 Å². The van der Waals surface area contributed by atoms with Gasteiger partial charge in [-0.1, -0.05) is 52.4 Å². The number of hydrogen-bond donors (Lipinski definition) is 0. The zero-order valence-corrected chi connectivity index (χ0v) is 13.4. The maximum Gasteiger partial charge on any atom is 0.0945 e. The molecule has 0 saturated carbocycles. The Bertz CT molecular complexity index is 298. The molecule has 0 aliphatic carbocycles. The fourth-order valence-electron chi connectivity index (χ4n) is 2.41. The van der Waals surface area contributed by atoms with E-state index in [4.69, 9.17) is 4.74 Å². The summed E-state index contributed by atoms with van der Waals surface area (Å²) in [5.74, 6) is 0. The molecule has 0 amide bonds. The Labute approximate surface area is 124 Å². The molecule has 1 rings (SSSR count). The Balaban J connectivity index is 2.14. The van der Waals surface area contributed by atoms with Gasteiger partial charge in [0, 0.05) is 25.5 Å². The first kappa shape index (κ1) is 17.2. The van der Waals surface area contributed by atoms with Crippen molar-refractivity contribution in [1.29, 1.82) is 0 Å². The lowest BCUT2D eigenvalue weighted by molar-refractivity contribution is 0.0349. The molecular formula is C17H32N2O. The number of aromatic nitrogens is 2. The molecule has 0 fully saturated rings. The van der Waals surface area contributed by atoms with E-state index in [-0.39, 0.29) is 0 Å². The Hall–Kier alpha value is -0.830. The van der Waals surface area contributed by atoms with Crippen LogP contribution in [0.15, 0.2) is 18.7 Å². The van der Waals surface area contributed by atoms with Crippen molar-refractivity contribution in [3.05, 3.63) is 18.7 Å². The van der Waals surface area contributed by atoms with Crippen LogP contribution in [0.2, 0.25) is 0 Å². The Kier molecular flexibility index (Phi) is 10.3. The second-order valence-corrected chi connectivity index (χ2v) is 5.64. The highest BCUT2D eigenvalue weighted by molar-refractivity contribution is 4.74. The topological polar surface area (TPSA) is 27.1 Å². The number of hydrogen-bond acceptors (Lipinski definition) is 2. The molecule has 0 bridgehead atoms. The van der Waals surface area contributed by atoms with Crippen LogP contribution in [0.4, 0.5) is 0 Å². The molecule has 116 valence electrons. The molecule has 20 heavy (non-hydrogen) atoms. The SMILES string of the molecule is CCCCCCCOC(CCCC)CCn1ccnc1. The van der Waals surface area contributed by atoms with Crippen LogP contribution >= 0.6 is 0 Å². The minimum atomic E-state index is 0.420. The van der Waals surface area contributed by atoms with E-state index in [1.54, 1.807) is 0 Å². The molecule has 1 unspecified atom stereocenters. The number of aryl methyl sites for hydroxylation is 1. The van der Waals surface area contributed by atoms with Crippen molar-refractivity contribution in [3.63, 3.8) is 0 Å². The van der Waals surface area contributed by atoms with Crippen molar-refractivity contribution in [3.8, 4) is 0 Å². The van der Waals surface area contributed by atoms with Crippen LogP contribution < -0.4 is 0 Å². The highest BCUT2D eigenvalue weighted by atomic mass is 16.5. The molecular weight excluding hydrogens is 248 g/mol. The van der Waals surface area contributed by atoms with Gasteiger partial charge in [0.15, 0.2) is 0 Å². The first-order valence-corrected chi connectivity index (χ1v) is 8.44. The van der Waals surface area contributed by atoms with Crippen LogP contribution in [0, 0.1) is 0 Å². The molecule has 0 spiro atoms. The minimum absolute atomic E-state index is 0.420. The quantitative estimate of drug-likeness (QED) is 0.484. The summed E-state index contributed by atoms with van der Waals surface area (Å²) in [6.45, 7) is 6.46. The number of imidazole rings is 1. The van der Waals surface area contributed by atoms with E-state index in [0.29, 0.717) is 6.10 Å². The Morgan fingerprint density at radius 2 is 1.80 bits per heavy atom. The fourth-order valence-corrected chi connectivity index (χ4v) is 2.41. The zero-order chi connectivity index (χ0) is 14.5. The smallest absolute Gasteiger partial charge is 0.0945 e. The van der Waals surface area contributed by atoms with Gasteiger partial charge < -0.3 is 9.30 Å². The van der Waals surface area contributed by atoms with Crippen LogP contribution in [-0.4, -0.2) is 22.3 Å². The molecule has 0 saturated heterocycles. The molecule has 0 aliphatic rings. The third-order valence-corrected chi connectivity index (χ3v) is 3.75. The molecule has 0 radical (unpaired) electrons. The summed E-state index contributed by atoms with van der Waals surface area (Å²) in [7, 11) is 0. The summed E-state index contributed by atoms with van der Waals surface area (Å²) >= 11 is 0. The van der Waals surface area contributed by atoms with Crippen molar-refractivity contribution in [2.75, 3.05) is 6.61 Å². The van der Waals surface area contributed by atoms with E-state index in [1.165, 1.54) is 51.4 Å². The molecule has 0 N–H and O–H groups in total. The third kappa shape index (κ3) is 8.36. The summed E-state index contributed by atoms with van der Waals surface area (Å²) in [6, 6.07) is 0. The second kappa shape index (κ2) is 12.0. The van der Waals surface area contributed by atoms with Crippen molar-refractivity contribution >= 4 is 0 Å². The van der Waals surface area contributed by atoms with Crippen LogP contribution in [0.1, 0.15) is 71.6 Å². The van der Waals surface area contributed by atoms with Gasteiger partial charge in [0.25, 0.3) is 0 Å². The lowest BCUT2D eigenvalue weighted by atomic mass is 10.1. The summed E-state index contributed by atoms with van der Waals surface area (Å²) in [6.07, 6.45) is 17.6. The van der Waals surface area contributed by atoms with Gasteiger partial charge in [-0.25, -0.2) is 4.98 Å². The highest BCUT2D eigenvalue weighted by Crippen LogP contribution is 2.12. The van der Waals surface area contributed by atoms with E-state index in [2.05, 4.69) is 23.4 Å². The van der Waals surface area contributed by atoms with Crippen molar-refractivity contribution in [2.24, 2.45) is 0 Å². The molecule has 1 aromatic rings. The lowest BCUT2D eigenvalue weighted by Crippen LogP contribution is -2.16. The third-order valence-electron chi connectivity index (χ3n) is 3.75. The molecule has 1 atom stereocenters. The van der Waals surface area contributed by atoms with E-state index in [9.17, 15) is 0 Å². The average Bonchev–Trinajstić information content (AvgIpc) is 2.98. The Morgan fingerprint density at radius 3 is 2.50 bits per heavy atom. The number of nitrogens with zero attached hydrogens (tertiary/aromatic N) is 2. The predicted molar refractivity (Wildman–Crippen MR) is 84.9 cm³/mol. The van der Waals surface area contributed by atoms with E-state index >= 15 is 0 Å². The predicted octanol–water partition coefficient (Wildman–Crippen LogP) is 4.82. The standard InChI is InChI=1S/C17H32N2O/c1-3-5-7-8-9-15-20-17(10-6-4-2)11-13-19-14-12-18-16-19/h12,14,16-17H,3-11,13,15H2,1-2H3. The normalized spacial score (nSPS) is 12.7. The summed E-state index contributed by atoms with van der Waals surface area (Å²) in [5, 5.41) is 0. The first-order valence-electron chi connectivity index (χ1n) is 8.44. The van der Waals surface area contributed by atoms with Crippen molar-refractivity contribution in [1.82, 2.24) is 9.55 Å². The molecule has 0 aromatic carbocycles. The number of unbranched alkanes of at least 4 members (excludes halogenated alkanes) is 5. The van der Waals surface area contributed by atoms with Gasteiger partial charge in [-0.3, -0.25) is 0 Å². The Morgan fingerprint density at radius 1 is 1.00 bits per heavy atom. The van der Waals surface area contributed by atoms with Gasteiger partial charge in [0.2, 0.25) is 0 Å². The van der Waals surface area contributed by atoms with Crippen molar-refractivity contribution < 1.29 is 4.74 Å². The summed E-state index contributed by atoms with van der Waals surface area (Å²) < 4.78 is 8.23. The van der Waals surface area contributed by atoms with Gasteiger partial charge >= 0.3 is 0 Å². The first-order chi connectivity index (χ1) is 9.86. The van der Waals surface area contributed by atoms with Gasteiger partial charge in [-0.05, 0) is 19.3 Å². The van der Waals surface area contributed by atoms with Gasteiger partial charge in [0.1, 0.15) is 0 Å². The number of rotatable bonds is 13. The largest absolute Gasteiger partial charge is 0.378 e. The van der Waals surface area contributed by atoms with Crippen LogP contribution in [-0.2, 0) is 11.3 Å². The molecule has 1 aromatic heterocycles. The lowest BCUT2D eigenvalue weighted by Gasteiger charge is -2.18. The van der Waals surface area contributed by atoms with E-state index in [1.807, 2.05) is 18.7 Å². The van der Waals surface area contributed by atoms with E-state index < -0.39 is 0 Å². The molecule has 1 heterocycles. The van der Waals surface area contributed by atoms with Gasteiger partial charge in [0.05, 0.1) is 12.4 Å². The molecule has 0 aliphatic heterocycles. The van der Waals surface area contributed by atoms with Crippen molar-refractivity contribution in [2.45, 2.75) is 84.3 Å². The minimum Gasteiger partial charge on any atom is -0.378 e. The average molecular weight is 280 g/mol. The number of ether oxygens (including phenoxy) is 1. The zero-order valence-electron chi connectivity index (χ0n) is 13.4. The monoisotopic (exact) mass is 280 g/mol. The van der Waals surface area contributed by atoms with Gasteiger partial charge in [-0.2, -0.15) is 0 Å². The van der Waals surface area contributed by atoms with Crippen LogP contribution in [0.25, 0.3) is 0 Å².